The first-order valence-electron chi connectivity index (χ1n) is 15.5. The van der Waals surface area contributed by atoms with Crippen LogP contribution in [0.2, 0.25) is 0 Å². The van der Waals surface area contributed by atoms with Gasteiger partial charge >= 0.3 is 4.87 Å². The molecule has 0 radical (unpaired) electrons. The number of carboxylic acid groups (broad SMARTS) is 1. The molecule has 11 heteroatoms. The van der Waals surface area contributed by atoms with E-state index in [4.69, 9.17) is 14.6 Å². The van der Waals surface area contributed by atoms with Crippen LogP contribution >= 0.6 is 11.3 Å². The number of rotatable bonds is 17. The van der Waals surface area contributed by atoms with E-state index in [1.807, 2.05) is 11.0 Å². The van der Waals surface area contributed by atoms with Crippen LogP contribution in [0.3, 0.4) is 0 Å². The van der Waals surface area contributed by atoms with Crippen molar-refractivity contribution in [2.45, 2.75) is 40.0 Å². The van der Waals surface area contributed by atoms with Gasteiger partial charge in [0.15, 0.2) is 0 Å². The molecular formula is C34H46N4O6S. The maximum absolute atomic E-state index is 13.2. The predicted octanol–water partition coefficient (Wildman–Crippen LogP) is 4.49. The summed E-state index contributed by atoms with van der Waals surface area (Å²) in [5.74, 6) is -0.628. The number of carboxylic acids is 1. The molecule has 45 heavy (non-hydrogen) atoms. The number of aromatic nitrogens is 1. The van der Waals surface area contributed by atoms with E-state index in [-0.39, 0.29) is 16.5 Å². The van der Waals surface area contributed by atoms with Gasteiger partial charge in [0.1, 0.15) is 11.3 Å². The summed E-state index contributed by atoms with van der Waals surface area (Å²) in [7, 11) is 0. The number of ether oxygens (including phenoxy) is 1. The highest BCUT2D eigenvalue weighted by atomic mass is 32.1. The first-order chi connectivity index (χ1) is 21.7. The summed E-state index contributed by atoms with van der Waals surface area (Å²) in [6.45, 7) is 11.8. The molecular weight excluding hydrogens is 592 g/mol. The number of phenols is 1. The van der Waals surface area contributed by atoms with Crippen molar-refractivity contribution in [2.75, 3.05) is 59.0 Å². The standard InChI is InChI=1S/C32H42N4O4S.C2H4O2/c1-3-35(4-2)20-21-36(19-18-33-17-14-26-12-13-28(37)30-31(26)41-32(39)34-30)29(38)16-23-40-22-15-25-10-7-9-24-8-5-6-11-27(24)25;1-2(3)4/h5-13,33,37H,3-4,14-23H2,1-2H3,(H,34,39);1H3,(H,3,4). The number of aromatic hydroxyl groups is 1. The van der Waals surface area contributed by atoms with E-state index in [2.05, 4.69) is 71.5 Å². The Labute approximate surface area is 268 Å². The zero-order chi connectivity index (χ0) is 32.6. The number of thiazole rings is 1. The van der Waals surface area contributed by atoms with Crippen LogP contribution < -0.4 is 10.2 Å². The number of aromatic amines is 1. The summed E-state index contributed by atoms with van der Waals surface area (Å²) >= 11 is 1.12. The van der Waals surface area contributed by atoms with E-state index in [1.165, 1.54) is 16.3 Å². The monoisotopic (exact) mass is 638 g/mol. The normalized spacial score (nSPS) is 11.1. The number of likely N-dealkylation sites (N-methyl/N-ethyl adjacent to an activating group) is 1. The number of hydrogen-bond acceptors (Lipinski definition) is 8. The van der Waals surface area contributed by atoms with Crippen LogP contribution in [0.4, 0.5) is 0 Å². The Morgan fingerprint density at radius 3 is 2.40 bits per heavy atom. The molecule has 0 bridgehead atoms. The van der Waals surface area contributed by atoms with E-state index in [0.717, 1.165) is 61.0 Å². The van der Waals surface area contributed by atoms with Gasteiger partial charge in [-0.2, -0.15) is 0 Å². The lowest BCUT2D eigenvalue weighted by molar-refractivity contribution is -0.134. The van der Waals surface area contributed by atoms with Crippen molar-refractivity contribution < 1.29 is 24.5 Å². The number of H-pyrrole nitrogens is 1. The molecule has 0 fully saturated rings. The zero-order valence-corrected chi connectivity index (χ0v) is 27.3. The molecule has 0 atom stereocenters. The highest BCUT2D eigenvalue weighted by Crippen LogP contribution is 2.27. The van der Waals surface area contributed by atoms with E-state index < -0.39 is 5.97 Å². The number of hydrogen-bond donors (Lipinski definition) is 4. The predicted molar refractivity (Wildman–Crippen MR) is 181 cm³/mol. The first kappa shape index (κ1) is 35.7. The highest BCUT2D eigenvalue weighted by Gasteiger charge is 2.15. The Morgan fingerprint density at radius 2 is 1.64 bits per heavy atom. The van der Waals surface area contributed by atoms with Gasteiger partial charge in [-0.3, -0.25) is 14.4 Å². The first-order valence-corrected chi connectivity index (χ1v) is 16.3. The van der Waals surface area contributed by atoms with Gasteiger partial charge in [0, 0.05) is 33.1 Å². The third-order valence-corrected chi connectivity index (χ3v) is 8.52. The molecule has 3 aromatic carbocycles. The molecule has 1 heterocycles. The molecule has 1 aromatic heterocycles. The number of nitrogens with one attached hydrogen (secondary N) is 2. The minimum atomic E-state index is -0.833. The number of aliphatic carboxylic acids is 1. The van der Waals surface area contributed by atoms with Gasteiger partial charge in [0.05, 0.1) is 24.3 Å². The molecule has 0 saturated carbocycles. The molecule has 0 aliphatic carbocycles. The summed E-state index contributed by atoms with van der Waals surface area (Å²) in [6.07, 6.45) is 1.91. The van der Waals surface area contributed by atoms with Crippen molar-refractivity contribution in [2.24, 2.45) is 0 Å². The molecule has 4 rings (SSSR count). The van der Waals surface area contributed by atoms with Crippen molar-refractivity contribution in [1.82, 2.24) is 20.1 Å². The van der Waals surface area contributed by atoms with Crippen molar-refractivity contribution in [3.63, 3.8) is 0 Å². The van der Waals surface area contributed by atoms with Crippen LogP contribution in [-0.2, 0) is 27.2 Å². The lowest BCUT2D eigenvalue weighted by Gasteiger charge is -2.27. The fourth-order valence-corrected chi connectivity index (χ4v) is 6.00. The second kappa shape index (κ2) is 18.9. The molecule has 0 saturated heterocycles. The lowest BCUT2D eigenvalue weighted by Crippen LogP contribution is -2.42. The van der Waals surface area contributed by atoms with Crippen LogP contribution in [0.5, 0.6) is 5.75 Å². The largest absolute Gasteiger partial charge is 0.506 e. The summed E-state index contributed by atoms with van der Waals surface area (Å²) in [5.41, 5.74) is 2.79. The summed E-state index contributed by atoms with van der Waals surface area (Å²) in [6, 6.07) is 18.2. The average Bonchev–Trinajstić information content (AvgIpc) is 3.43. The maximum Gasteiger partial charge on any atom is 0.305 e. The SMILES string of the molecule is CC(=O)O.CCN(CC)CCN(CCNCCc1ccc(O)c2[nH]c(=O)sc12)C(=O)CCOCCc1cccc2ccccc12. The molecule has 1 amide bonds. The minimum Gasteiger partial charge on any atom is -0.506 e. The molecule has 0 spiro atoms. The number of carbonyl (C=O) groups excluding carboxylic acids is 1. The Kier molecular flexibility index (Phi) is 15.0. The number of carbonyl (C=O) groups is 2. The van der Waals surface area contributed by atoms with Crippen LogP contribution in [0.15, 0.2) is 59.4 Å². The Morgan fingerprint density at radius 1 is 0.911 bits per heavy atom. The van der Waals surface area contributed by atoms with Gasteiger partial charge in [0.2, 0.25) is 5.91 Å². The second-order valence-corrected chi connectivity index (χ2v) is 11.6. The van der Waals surface area contributed by atoms with Crippen LogP contribution in [-0.4, -0.2) is 95.9 Å². The van der Waals surface area contributed by atoms with Crippen LogP contribution in [0, 0.1) is 0 Å². The van der Waals surface area contributed by atoms with Crippen LogP contribution in [0.1, 0.15) is 38.3 Å². The van der Waals surface area contributed by atoms with Gasteiger partial charge in [0.25, 0.3) is 5.97 Å². The van der Waals surface area contributed by atoms with E-state index >= 15 is 0 Å². The van der Waals surface area contributed by atoms with E-state index in [1.54, 1.807) is 6.07 Å². The van der Waals surface area contributed by atoms with E-state index in [9.17, 15) is 14.7 Å². The van der Waals surface area contributed by atoms with Crippen molar-refractivity contribution in [3.8, 4) is 5.75 Å². The van der Waals surface area contributed by atoms with Gasteiger partial charge < -0.3 is 35.1 Å². The van der Waals surface area contributed by atoms with Gasteiger partial charge in [-0.05, 0) is 60.4 Å². The Hall–Kier alpha value is -3.77. The van der Waals surface area contributed by atoms with E-state index in [0.29, 0.717) is 51.3 Å². The number of phenolic OH excluding ortho intramolecular Hbond substituents is 1. The second-order valence-electron chi connectivity index (χ2n) is 10.6. The smallest absolute Gasteiger partial charge is 0.305 e. The Balaban J connectivity index is 0.00000130. The number of fused-ring (bicyclic) bond motifs is 2. The van der Waals surface area contributed by atoms with Crippen LogP contribution in [0.25, 0.3) is 21.0 Å². The lowest BCUT2D eigenvalue weighted by atomic mass is 10.0. The van der Waals surface area contributed by atoms with Gasteiger partial charge in [-0.1, -0.05) is 73.7 Å². The number of nitrogens with zero attached hydrogens (tertiary/aromatic N) is 2. The maximum atomic E-state index is 13.2. The number of amides is 1. The quantitative estimate of drug-likeness (QED) is 0.124. The van der Waals surface area contributed by atoms with Gasteiger partial charge in [-0.25, -0.2) is 0 Å². The summed E-state index contributed by atoms with van der Waals surface area (Å²) in [4.78, 5) is 40.7. The topological polar surface area (TPSA) is 135 Å². The van der Waals surface area contributed by atoms with Crippen molar-refractivity contribution >= 4 is 44.2 Å². The molecule has 10 nitrogen and oxygen atoms in total. The van der Waals surface area contributed by atoms with Gasteiger partial charge in [-0.15, -0.1) is 0 Å². The fraction of sp³-hybridized carbons (Fsp3) is 0.441. The minimum absolute atomic E-state index is 0.0926. The van der Waals surface area contributed by atoms with Crippen molar-refractivity contribution in [1.29, 1.82) is 0 Å². The molecule has 0 unspecified atom stereocenters. The molecule has 4 aromatic rings. The Bertz CT molecular complexity index is 1560. The zero-order valence-electron chi connectivity index (χ0n) is 26.5. The molecule has 0 aliphatic heterocycles. The summed E-state index contributed by atoms with van der Waals surface area (Å²) in [5, 5.41) is 23.4. The number of benzene rings is 3. The molecule has 0 aliphatic rings. The third-order valence-electron chi connectivity index (χ3n) is 7.56. The molecule has 4 N–H and O–H groups in total. The fourth-order valence-electron chi connectivity index (χ4n) is 5.11. The average molecular weight is 639 g/mol. The van der Waals surface area contributed by atoms with Crippen molar-refractivity contribution in [3.05, 3.63) is 75.4 Å². The molecule has 244 valence electrons. The third kappa shape index (κ3) is 11.6. The summed E-state index contributed by atoms with van der Waals surface area (Å²) < 4.78 is 6.70. The highest BCUT2D eigenvalue weighted by molar-refractivity contribution is 7.16.